The minimum atomic E-state index is -3.48. The normalized spacial score (nSPS) is 16.1. The van der Waals surface area contributed by atoms with E-state index in [1.165, 1.54) is 12.1 Å². The van der Waals surface area contributed by atoms with Gasteiger partial charge in [-0.05, 0) is 73.7 Å². The van der Waals surface area contributed by atoms with Crippen molar-refractivity contribution >= 4 is 20.9 Å². The largest absolute Gasteiger partial charge is 0.360 e. The van der Waals surface area contributed by atoms with Gasteiger partial charge in [-0.3, -0.25) is 0 Å². The van der Waals surface area contributed by atoms with E-state index in [1.807, 2.05) is 32.2 Å². The summed E-state index contributed by atoms with van der Waals surface area (Å²) in [6.45, 7) is 4.89. The molecule has 4 nitrogen and oxygen atoms in total. The molecular weight excluding hydrogens is 363 g/mol. The molecule has 2 heterocycles. The molecule has 3 aromatic rings. The maximum Gasteiger partial charge on any atom is 0.243 e. The third-order valence-electron chi connectivity index (χ3n) is 5.33. The molecule has 4 rings (SSSR count). The summed E-state index contributed by atoms with van der Waals surface area (Å²) in [4.78, 5) is 3.51. The predicted octanol–water partition coefficient (Wildman–Crippen LogP) is 4.77. The zero-order valence-corrected chi connectivity index (χ0v) is 16.4. The lowest BCUT2D eigenvalue weighted by molar-refractivity contribution is 0.346. The minimum Gasteiger partial charge on any atom is -0.360 e. The van der Waals surface area contributed by atoms with Gasteiger partial charge >= 0.3 is 0 Å². The molecule has 2 aromatic carbocycles. The molecule has 1 saturated heterocycles. The van der Waals surface area contributed by atoms with E-state index >= 15 is 0 Å². The van der Waals surface area contributed by atoms with Gasteiger partial charge in [-0.1, -0.05) is 6.42 Å². The van der Waals surface area contributed by atoms with Crippen molar-refractivity contribution < 1.29 is 12.8 Å². The predicted molar refractivity (Wildman–Crippen MR) is 106 cm³/mol. The standard InChI is InChI=1S/C21H23FN2O2S/c1-14-10-16(19-13-23-20-12-17(22)6-7-18(19)20)11-15(2)21(14)27(25,26)24-8-4-3-5-9-24/h6-7,10-13,23H,3-5,8-9H2,1-2H3. The fourth-order valence-electron chi connectivity index (χ4n) is 4.08. The van der Waals surface area contributed by atoms with Crippen LogP contribution in [0, 0.1) is 19.7 Å². The number of sulfonamides is 1. The molecule has 1 aromatic heterocycles. The summed E-state index contributed by atoms with van der Waals surface area (Å²) in [6, 6.07) is 8.48. The van der Waals surface area contributed by atoms with Crippen molar-refractivity contribution in [2.45, 2.75) is 38.0 Å². The summed E-state index contributed by atoms with van der Waals surface area (Å²) >= 11 is 0. The summed E-state index contributed by atoms with van der Waals surface area (Å²) in [5.41, 5.74) is 4.09. The van der Waals surface area contributed by atoms with E-state index in [0.29, 0.717) is 18.0 Å². The second kappa shape index (κ2) is 6.77. The Hall–Kier alpha value is -2.18. The summed E-state index contributed by atoms with van der Waals surface area (Å²) < 4.78 is 41.4. The number of rotatable bonds is 3. The zero-order valence-electron chi connectivity index (χ0n) is 15.5. The number of hydrogen-bond acceptors (Lipinski definition) is 2. The van der Waals surface area contributed by atoms with Crippen LogP contribution in [0.15, 0.2) is 41.4 Å². The van der Waals surface area contributed by atoms with Crippen molar-refractivity contribution in [3.05, 3.63) is 53.5 Å². The van der Waals surface area contributed by atoms with Gasteiger partial charge in [-0.25, -0.2) is 12.8 Å². The van der Waals surface area contributed by atoms with E-state index in [-0.39, 0.29) is 5.82 Å². The first-order valence-corrected chi connectivity index (χ1v) is 10.7. The topological polar surface area (TPSA) is 53.2 Å². The molecular formula is C21H23FN2O2S. The number of aromatic nitrogens is 1. The van der Waals surface area contributed by atoms with Crippen LogP contribution in [0.5, 0.6) is 0 Å². The van der Waals surface area contributed by atoms with Crippen LogP contribution in [0.4, 0.5) is 4.39 Å². The summed E-state index contributed by atoms with van der Waals surface area (Å²) in [6.07, 6.45) is 4.77. The van der Waals surface area contributed by atoms with Gasteiger partial charge in [-0.2, -0.15) is 4.31 Å². The molecule has 0 saturated carbocycles. The summed E-state index contributed by atoms with van der Waals surface area (Å²) in [5.74, 6) is -0.286. The lowest BCUT2D eigenvalue weighted by atomic mass is 10.00. The first kappa shape index (κ1) is 18.2. The highest BCUT2D eigenvalue weighted by atomic mass is 32.2. The van der Waals surface area contributed by atoms with Crippen LogP contribution in [0.2, 0.25) is 0 Å². The minimum absolute atomic E-state index is 0.286. The van der Waals surface area contributed by atoms with E-state index in [2.05, 4.69) is 4.98 Å². The quantitative estimate of drug-likeness (QED) is 0.705. The molecule has 0 spiro atoms. The lowest BCUT2D eigenvalue weighted by Gasteiger charge is -2.27. The van der Waals surface area contributed by atoms with Crippen LogP contribution in [0.25, 0.3) is 22.0 Å². The van der Waals surface area contributed by atoms with E-state index < -0.39 is 10.0 Å². The Morgan fingerprint density at radius 3 is 2.33 bits per heavy atom. The molecule has 1 aliphatic heterocycles. The van der Waals surface area contributed by atoms with Crippen LogP contribution in [-0.2, 0) is 10.0 Å². The molecule has 0 aliphatic carbocycles. The SMILES string of the molecule is Cc1cc(-c2c[nH]c3cc(F)ccc23)cc(C)c1S(=O)(=O)N1CCCCC1. The first-order chi connectivity index (χ1) is 12.9. The maximum atomic E-state index is 13.4. The Labute approximate surface area is 159 Å². The number of aryl methyl sites for hydroxylation is 2. The molecule has 27 heavy (non-hydrogen) atoms. The molecule has 0 radical (unpaired) electrons. The second-order valence-electron chi connectivity index (χ2n) is 7.30. The van der Waals surface area contributed by atoms with Crippen molar-refractivity contribution in [2.75, 3.05) is 13.1 Å². The number of piperidine rings is 1. The van der Waals surface area contributed by atoms with Gasteiger partial charge in [0.25, 0.3) is 0 Å². The number of nitrogens with one attached hydrogen (secondary N) is 1. The Kier molecular flexibility index (Phi) is 4.56. The van der Waals surface area contributed by atoms with Crippen molar-refractivity contribution in [1.82, 2.24) is 9.29 Å². The Balaban J connectivity index is 1.80. The average Bonchev–Trinajstić information content (AvgIpc) is 3.04. The van der Waals surface area contributed by atoms with Gasteiger partial charge in [0.15, 0.2) is 0 Å². The number of benzene rings is 2. The Morgan fingerprint density at radius 1 is 1.00 bits per heavy atom. The van der Waals surface area contributed by atoms with Crippen LogP contribution in [0.1, 0.15) is 30.4 Å². The molecule has 1 N–H and O–H groups in total. The average molecular weight is 386 g/mol. The molecule has 0 atom stereocenters. The fraction of sp³-hybridized carbons (Fsp3) is 0.333. The van der Waals surface area contributed by atoms with Crippen molar-refractivity contribution in [3.63, 3.8) is 0 Å². The monoisotopic (exact) mass is 386 g/mol. The number of nitrogens with zero attached hydrogens (tertiary/aromatic N) is 1. The van der Waals surface area contributed by atoms with Crippen LogP contribution in [-0.4, -0.2) is 30.8 Å². The van der Waals surface area contributed by atoms with Crippen LogP contribution in [0.3, 0.4) is 0 Å². The number of fused-ring (bicyclic) bond motifs is 1. The van der Waals surface area contributed by atoms with Gasteiger partial charge < -0.3 is 4.98 Å². The zero-order chi connectivity index (χ0) is 19.2. The second-order valence-corrected chi connectivity index (χ2v) is 9.17. The van der Waals surface area contributed by atoms with Crippen molar-refractivity contribution in [3.8, 4) is 11.1 Å². The van der Waals surface area contributed by atoms with Gasteiger partial charge in [0.1, 0.15) is 5.82 Å². The van der Waals surface area contributed by atoms with E-state index in [4.69, 9.17) is 0 Å². The molecule has 0 amide bonds. The summed E-state index contributed by atoms with van der Waals surface area (Å²) in [5, 5.41) is 0.918. The van der Waals surface area contributed by atoms with Crippen molar-refractivity contribution in [1.29, 1.82) is 0 Å². The van der Waals surface area contributed by atoms with Crippen LogP contribution < -0.4 is 0 Å². The van der Waals surface area contributed by atoms with E-state index in [9.17, 15) is 12.8 Å². The number of hydrogen-bond donors (Lipinski definition) is 1. The lowest BCUT2D eigenvalue weighted by Crippen LogP contribution is -2.36. The highest BCUT2D eigenvalue weighted by Crippen LogP contribution is 2.34. The van der Waals surface area contributed by atoms with E-state index in [1.54, 1.807) is 10.4 Å². The Morgan fingerprint density at radius 2 is 1.67 bits per heavy atom. The molecule has 1 fully saturated rings. The third-order valence-corrected chi connectivity index (χ3v) is 7.53. The van der Waals surface area contributed by atoms with Crippen LogP contribution >= 0.6 is 0 Å². The highest BCUT2D eigenvalue weighted by Gasteiger charge is 2.29. The third kappa shape index (κ3) is 3.17. The number of aromatic amines is 1. The Bertz CT molecular complexity index is 1090. The fourth-order valence-corrected chi connectivity index (χ4v) is 6.01. The first-order valence-electron chi connectivity index (χ1n) is 9.26. The smallest absolute Gasteiger partial charge is 0.243 e. The van der Waals surface area contributed by atoms with Gasteiger partial charge in [0.2, 0.25) is 10.0 Å². The highest BCUT2D eigenvalue weighted by molar-refractivity contribution is 7.89. The van der Waals surface area contributed by atoms with Crippen molar-refractivity contribution in [2.24, 2.45) is 0 Å². The molecule has 6 heteroatoms. The van der Waals surface area contributed by atoms with Gasteiger partial charge in [0.05, 0.1) is 4.90 Å². The number of halogens is 1. The molecule has 1 aliphatic rings. The number of H-pyrrole nitrogens is 1. The van der Waals surface area contributed by atoms with Gasteiger partial charge in [-0.15, -0.1) is 0 Å². The van der Waals surface area contributed by atoms with E-state index in [0.717, 1.165) is 52.4 Å². The van der Waals surface area contributed by atoms with Gasteiger partial charge in [0, 0.05) is 35.8 Å². The maximum absolute atomic E-state index is 13.4. The molecule has 0 bridgehead atoms. The molecule has 0 unspecified atom stereocenters. The molecule has 142 valence electrons. The summed E-state index contributed by atoms with van der Waals surface area (Å²) in [7, 11) is -3.48.